The van der Waals surface area contributed by atoms with Crippen LogP contribution in [0, 0.1) is 0 Å². The Labute approximate surface area is 136 Å². The zero-order valence-corrected chi connectivity index (χ0v) is 12.1. The van der Waals surface area contributed by atoms with Gasteiger partial charge in [0.05, 0.1) is 0 Å². The van der Waals surface area contributed by atoms with Crippen molar-refractivity contribution in [3.05, 3.63) is 29.6 Å². The first-order chi connectivity index (χ1) is 7.18. The minimum Gasteiger partial charge on any atom is -0.449 e. The molecule has 0 saturated heterocycles. The monoisotopic (exact) mass is 281 g/mol. The van der Waals surface area contributed by atoms with Crippen LogP contribution in [0.25, 0.3) is 0 Å². The largest absolute Gasteiger partial charge is 1.00 e. The first kappa shape index (κ1) is 17.4. The summed E-state index contributed by atoms with van der Waals surface area (Å²) in [5.41, 5.74) is -1.37. The summed E-state index contributed by atoms with van der Waals surface area (Å²) in [5, 5.41) is 0. The van der Waals surface area contributed by atoms with E-state index in [2.05, 4.69) is 4.98 Å². The van der Waals surface area contributed by atoms with Gasteiger partial charge in [-0.15, -0.1) is 0 Å². The van der Waals surface area contributed by atoms with Crippen molar-refractivity contribution < 1.29 is 77.5 Å². The molecule has 1 aromatic rings. The summed E-state index contributed by atoms with van der Waals surface area (Å²) in [6, 6.07) is 2.92. The number of aryl methyl sites for hydroxylation is 1. The van der Waals surface area contributed by atoms with E-state index in [0.29, 0.717) is 0 Å². The number of alkyl halides is 3. The molecule has 0 spiro atoms. The molecule has 0 fully saturated rings. The van der Waals surface area contributed by atoms with Gasteiger partial charge in [-0.1, -0.05) is 12.4 Å². The van der Waals surface area contributed by atoms with E-state index < -0.39 is 31.6 Å². The molecule has 1 heterocycles. The molecular weight excluding hydrogens is 274 g/mol. The van der Waals surface area contributed by atoms with Gasteiger partial charge in [0.25, 0.3) is 0 Å². The smallest absolute Gasteiger partial charge is 0.449 e. The Morgan fingerprint density at radius 1 is 1.12 bits per heavy atom. The Morgan fingerprint density at radius 2 is 1.71 bits per heavy atom. The first-order valence-electron chi connectivity index (χ1n) is 4.42. The molecule has 0 aliphatic rings. The number of nitrogens with zero attached hydrogens (tertiary/aromatic N) is 1. The van der Waals surface area contributed by atoms with Gasteiger partial charge >= 0.3 is 64.5 Å². The van der Waals surface area contributed by atoms with Gasteiger partial charge in [0.2, 0.25) is 0 Å². The molecule has 0 aliphatic heterocycles. The molecule has 0 saturated carbocycles. The van der Waals surface area contributed by atoms with Crippen molar-refractivity contribution in [1.29, 1.82) is 0 Å². The number of pyridine rings is 1. The van der Waals surface area contributed by atoms with Crippen LogP contribution in [0.4, 0.5) is 26.1 Å². The third-order valence-corrected chi connectivity index (χ3v) is 1.83. The van der Waals surface area contributed by atoms with Crippen molar-refractivity contribution in [2.45, 2.75) is 18.9 Å². The molecule has 0 atom stereocenters. The zero-order valence-electron chi connectivity index (χ0n) is 8.94. The fourth-order valence-electron chi connectivity index (χ4n) is 1.09. The van der Waals surface area contributed by atoms with Gasteiger partial charge in [-0.3, -0.25) is 0 Å². The molecule has 0 radical (unpaired) electrons. The average Bonchev–Trinajstić information content (AvgIpc) is 2.13. The van der Waals surface area contributed by atoms with Crippen LogP contribution in [0.1, 0.15) is 11.4 Å². The van der Waals surface area contributed by atoms with E-state index in [9.17, 15) is 26.1 Å². The van der Waals surface area contributed by atoms with Crippen LogP contribution in [0.2, 0.25) is 6.32 Å². The molecule has 0 unspecified atom stereocenters. The summed E-state index contributed by atoms with van der Waals surface area (Å²) in [5.74, 6) is 0. The Bertz CT molecular complexity index is 364. The number of hydrogen-bond donors (Lipinski definition) is 0. The van der Waals surface area contributed by atoms with Gasteiger partial charge in [-0.25, -0.2) is 4.98 Å². The van der Waals surface area contributed by atoms with Crippen LogP contribution in [-0.4, -0.2) is 12.0 Å². The zero-order chi connectivity index (χ0) is 12.4. The molecule has 9 heteroatoms. The van der Waals surface area contributed by atoms with Gasteiger partial charge in [0.15, 0.2) is 0 Å². The van der Waals surface area contributed by atoms with Crippen LogP contribution in [0.5, 0.6) is 0 Å². The summed E-state index contributed by atoms with van der Waals surface area (Å²) < 4.78 is 72.1. The SMILES string of the molecule is F[B-](F)(F)CCc1cccc(C(F)(F)F)n1.[K+]. The Morgan fingerprint density at radius 3 is 2.18 bits per heavy atom. The van der Waals surface area contributed by atoms with Gasteiger partial charge in [-0.05, 0) is 18.6 Å². The second-order valence-electron chi connectivity index (χ2n) is 3.26. The topological polar surface area (TPSA) is 12.9 Å². The Hall–Kier alpha value is 0.431. The molecule has 1 rings (SSSR count). The second-order valence-corrected chi connectivity index (χ2v) is 3.26. The molecule has 0 aliphatic carbocycles. The van der Waals surface area contributed by atoms with Crippen LogP contribution in [0.15, 0.2) is 18.2 Å². The fraction of sp³-hybridized carbons (Fsp3) is 0.375. The van der Waals surface area contributed by atoms with Crippen LogP contribution < -0.4 is 51.4 Å². The van der Waals surface area contributed by atoms with E-state index in [1.807, 2.05) is 0 Å². The van der Waals surface area contributed by atoms with Crippen molar-refractivity contribution in [3.8, 4) is 0 Å². The molecule has 0 bridgehead atoms. The van der Waals surface area contributed by atoms with Crippen molar-refractivity contribution >= 4 is 6.98 Å². The predicted octanol–water partition coefficient (Wildman–Crippen LogP) is 0.494. The van der Waals surface area contributed by atoms with E-state index in [4.69, 9.17) is 0 Å². The molecular formula is C8H7BF6KN. The van der Waals surface area contributed by atoms with E-state index in [1.165, 1.54) is 0 Å². The van der Waals surface area contributed by atoms with Crippen LogP contribution >= 0.6 is 0 Å². The summed E-state index contributed by atoms with van der Waals surface area (Å²) in [6.45, 7) is -4.99. The van der Waals surface area contributed by atoms with E-state index >= 15 is 0 Å². The first-order valence-corrected chi connectivity index (χ1v) is 4.42. The summed E-state index contributed by atoms with van der Waals surface area (Å²) in [7, 11) is 0. The van der Waals surface area contributed by atoms with Crippen molar-refractivity contribution in [2.24, 2.45) is 0 Å². The normalized spacial score (nSPS) is 12.1. The third-order valence-electron chi connectivity index (χ3n) is 1.83. The minimum absolute atomic E-state index is 0. The molecule has 17 heavy (non-hydrogen) atoms. The average molecular weight is 281 g/mol. The summed E-state index contributed by atoms with van der Waals surface area (Å²) in [6.07, 6.45) is -6.26. The van der Waals surface area contributed by atoms with E-state index in [1.54, 1.807) is 0 Å². The molecule has 0 N–H and O–H groups in total. The summed E-state index contributed by atoms with van der Waals surface area (Å²) >= 11 is 0. The van der Waals surface area contributed by atoms with Gasteiger partial charge in [0, 0.05) is 5.69 Å². The van der Waals surface area contributed by atoms with Gasteiger partial charge in [0.1, 0.15) is 5.69 Å². The molecule has 1 aromatic heterocycles. The maximum atomic E-state index is 12.2. The number of hydrogen-bond acceptors (Lipinski definition) is 1. The second kappa shape index (κ2) is 6.56. The quantitative estimate of drug-likeness (QED) is 0.580. The third kappa shape index (κ3) is 6.80. The molecule has 0 amide bonds. The molecule has 90 valence electrons. The molecule has 1 nitrogen and oxygen atoms in total. The van der Waals surface area contributed by atoms with Crippen molar-refractivity contribution in [3.63, 3.8) is 0 Å². The van der Waals surface area contributed by atoms with Crippen LogP contribution in [0.3, 0.4) is 0 Å². The van der Waals surface area contributed by atoms with Crippen LogP contribution in [-0.2, 0) is 12.6 Å². The fourth-order valence-corrected chi connectivity index (χ4v) is 1.09. The maximum absolute atomic E-state index is 12.2. The van der Waals surface area contributed by atoms with E-state index in [0.717, 1.165) is 18.2 Å². The molecule has 0 aromatic carbocycles. The van der Waals surface area contributed by atoms with Crippen molar-refractivity contribution in [2.75, 3.05) is 0 Å². The summed E-state index contributed by atoms with van der Waals surface area (Å²) in [4.78, 5) is 3.13. The number of aromatic nitrogens is 1. The maximum Gasteiger partial charge on any atom is 1.00 e. The predicted molar refractivity (Wildman–Crippen MR) is 46.8 cm³/mol. The number of rotatable bonds is 3. The Balaban J connectivity index is 0.00000256. The van der Waals surface area contributed by atoms with E-state index in [-0.39, 0.29) is 57.1 Å². The Kier molecular flexibility index (Phi) is 6.72. The number of halogens is 6. The van der Waals surface area contributed by atoms with Gasteiger partial charge in [-0.2, -0.15) is 13.2 Å². The van der Waals surface area contributed by atoms with Crippen molar-refractivity contribution in [1.82, 2.24) is 4.98 Å². The standard InChI is InChI=1S/C8H7BF6N.K/c10-8(11,12)7-3-1-2-6(16-7)4-5-9(13,14)15;/h1-3H,4-5H2;/q-1;+1. The van der Waals surface area contributed by atoms with Gasteiger partial charge < -0.3 is 12.9 Å². The minimum atomic E-state index is -4.99.